The fourth-order valence-corrected chi connectivity index (χ4v) is 0.838. The number of hydrogen-bond acceptors (Lipinski definition) is 0. The standard InChI is InChI=1S/C10H12/c1-8(2)10-6-4-9(3)5-7-10/h4-6,9H,1H2,2-3H3. The van der Waals surface area contributed by atoms with Gasteiger partial charge in [0.05, 0.1) is 0 Å². The maximum absolute atomic E-state index is 3.83. The molecular weight excluding hydrogens is 120 g/mol. The molecule has 0 aromatic heterocycles. The lowest BCUT2D eigenvalue weighted by molar-refractivity contribution is 0.932. The van der Waals surface area contributed by atoms with E-state index in [9.17, 15) is 0 Å². The van der Waals surface area contributed by atoms with Crippen LogP contribution in [-0.4, -0.2) is 0 Å². The van der Waals surface area contributed by atoms with E-state index in [1.54, 1.807) is 0 Å². The molecule has 0 aromatic rings. The molecule has 0 nitrogen and oxygen atoms in total. The highest BCUT2D eigenvalue weighted by atomic mass is 14.0. The molecular formula is C10H12. The Morgan fingerprint density at radius 2 is 2.40 bits per heavy atom. The summed E-state index contributed by atoms with van der Waals surface area (Å²) in [5.74, 6) is 0.531. The molecule has 1 rings (SSSR count). The first-order chi connectivity index (χ1) is 4.70. The number of hydrogen-bond donors (Lipinski definition) is 0. The molecule has 0 N–H and O–H groups in total. The third-order valence-electron chi connectivity index (χ3n) is 1.53. The molecule has 10 heavy (non-hydrogen) atoms. The fourth-order valence-electron chi connectivity index (χ4n) is 0.838. The van der Waals surface area contributed by atoms with Crippen LogP contribution < -0.4 is 0 Å². The van der Waals surface area contributed by atoms with Crippen molar-refractivity contribution in [3.8, 4) is 0 Å². The van der Waals surface area contributed by atoms with Crippen LogP contribution >= 0.6 is 0 Å². The Hall–Kier alpha value is -1.00. The Labute approximate surface area is 62.3 Å². The van der Waals surface area contributed by atoms with Gasteiger partial charge in [0.2, 0.25) is 0 Å². The molecule has 1 aliphatic rings. The van der Waals surface area contributed by atoms with Crippen molar-refractivity contribution in [3.63, 3.8) is 0 Å². The summed E-state index contributed by atoms with van der Waals surface area (Å²) in [5, 5.41) is 0. The Morgan fingerprint density at radius 3 is 2.80 bits per heavy atom. The normalized spacial score (nSPS) is 22.6. The van der Waals surface area contributed by atoms with Crippen LogP contribution in [0.1, 0.15) is 13.8 Å². The lowest BCUT2D eigenvalue weighted by Gasteiger charge is -2.03. The lowest BCUT2D eigenvalue weighted by Crippen LogP contribution is -1.88. The van der Waals surface area contributed by atoms with Gasteiger partial charge < -0.3 is 0 Å². The molecule has 1 atom stereocenters. The molecule has 0 heterocycles. The zero-order valence-electron chi connectivity index (χ0n) is 6.52. The highest BCUT2D eigenvalue weighted by Crippen LogP contribution is 2.13. The number of rotatable bonds is 1. The second kappa shape index (κ2) is 2.72. The molecule has 0 radical (unpaired) electrons. The molecule has 0 fully saturated rings. The summed E-state index contributed by atoms with van der Waals surface area (Å²) in [5.41, 5.74) is 5.38. The van der Waals surface area contributed by atoms with E-state index in [-0.39, 0.29) is 0 Å². The highest BCUT2D eigenvalue weighted by Gasteiger charge is 1.97. The van der Waals surface area contributed by atoms with E-state index in [2.05, 4.69) is 37.5 Å². The van der Waals surface area contributed by atoms with Crippen LogP contribution in [0.4, 0.5) is 0 Å². The topological polar surface area (TPSA) is 0 Å². The third-order valence-corrected chi connectivity index (χ3v) is 1.53. The summed E-state index contributed by atoms with van der Waals surface area (Å²) in [7, 11) is 0. The number of allylic oxidation sites excluding steroid dienone is 4. The van der Waals surface area contributed by atoms with E-state index in [1.165, 1.54) is 0 Å². The van der Waals surface area contributed by atoms with Gasteiger partial charge >= 0.3 is 0 Å². The summed E-state index contributed by atoms with van der Waals surface area (Å²) in [4.78, 5) is 0. The van der Waals surface area contributed by atoms with Gasteiger partial charge in [-0.3, -0.25) is 0 Å². The summed E-state index contributed by atoms with van der Waals surface area (Å²) >= 11 is 0. The second-order valence-corrected chi connectivity index (χ2v) is 2.72. The van der Waals surface area contributed by atoms with E-state index in [4.69, 9.17) is 0 Å². The highest BCUT2D eigenvalue weighted by molar-refractivity contribution is 5.38. The Bertz CT molecular complexity index is 235. The zero-order valence-corrected chi connectivity index (χ0v) is 6.52. The predicted molar refractivity (Wildman–Crippen MR) is 44.7 cm³/mol. The van der Waals surface area contributed by atoms with Gasteiger partial charge in [0, 0.05) is 5.57 Å². The molecule has 0 aliphatic heterocycles. The monoisotopic (exact) mass is 132 g/mol. The molecule has 0 saturated carbocycles. The quantitative estimate of drug-likeness (QED) is 0.481. The van der Waals surface area contributed by atoms with Crippen molar-refractivity contribution in [3.05, 3.63) is 41.7 Å². The van der Waals surface area contributed by atoms with E-state index in [1.807, 2.05) is 6.92 Å². The first-order valence-electron chi connectivity index (χ1n) is 3.51. The van der Waals surface area contributed by atoms with E-state index >= 15 is 0 Å². The molecule has 0 aromatic carbocycles. The van der Waals surface area contributed by atoms with Gasteiger partial charge in [-0.2, -0.15) is 0 Å². The molecule has 1 aliphatic carbocycles. The predicted octanol–water partition coefficient (Wildman–Crippen LogP) is 2.85. The van der Waals surface area contributed by atoms with Gasteiger partial charge in [-0.05, 0) is 24.5 Å². The molecule has 0 amide bonds. The van der Waals surface area contributed by atoms with E-state index in [0.717, 1.165) is 11.1 Å². The zero-order chi connectivity index (χ0) is 7.56. The average molecular weight is 132 g/mol. The summed E-state index contributed by atoms with van der Waals surface area (Å²) in [6.07, 6.45) is 6.29. The Kier molecular flexibility index (Phi) is 1.94. The fraction of sp³-hybridized carbons (Fsp3) is 0.300. The van der Waals surface area contributed by atoms with Crippen LogP contribution in [0.3, 0.4) is 0 Å². The summed E-state index contributed by atoms with van der Waals surface area (Å²) in [6.45, 7) is 7.97. The minimum absolute atomic E-state index is 0.531. The van der Waals surface area contributed by atoms with Crippen molar-refractivity contribution in [1.29, 1.82) is 0 Å². The van der Waals surface area contributed by atoms with Crippen molar-refractivity contribution in [1.82, 2.24) is 0 Å². The Morgan fingerprint density at radius 1 is 1.70 bits per heavy atom. The van der Waals surface area contributed by atoms with E-state index < -0.39 is 0 Å². The van der Waals surface area contributed by atoms with Gasteiger partial charge in [0.15, 0.2) is 0 Å². The van der Waals surface area contributed by atoms with Gasteiger partial charge in [-0.1, -0.05) is 25.7 Å². The van der Waals surface area contributed by atoms with Crippen molar-refractivity contribution in [2.75, 3.05) is 0 Å². The first kappa shape index (κ1) is 7.11. The van der Waals surface area contributed by atoms with Crippen LogP contribution in [0.25, 0.3) is 0 Å². The first-order valence-corrected chi connectivity index (χ1v) is 3.51. The lowest BCUT2D eigenvalue weighted by atomic mass is 10.0. The summed E-state index contributed by atoms with van der Waals surface area (Å²) in [6, 6.07) is 0. The molecule has 1 unspecified atom stereocenters. The van der Waals surface area contributed by atoms with Crippen molar-refractivity contribution < 1.29 is 0 Å². The van der Waals surface area contributed by atoms with Crippen LogP contribution in [-0.2, 0) is 0 Å². The van der Waals surface area contributed by atoms with Gasteiger partial charge in [-0.25, -0.2) is 0 Å². The van der Waals surface area contributed by atoms with Crippen LogP contribution in [0.2, 0.25) is 0 Å². The SMILES string of the molecule is C=C(C)C1=C=CC(C)C=C1. The molecule has 0 spiro atoms. The van der Waals surface area contributed by atoms with Gasteiger partial charge in [-0.15, -0.1) is 5.73 Å². The van der Waals surface area contributed by atoms with Gasteiger partial charge in [0.1, 0.15) is 0 Å². The third kappa shape index (κ3) is 1.49. The Balaban J connectivity index is 2.92. The molecule has 0 saturated heterocycles. The van der Waals surface area contributed by atoms with Gasteiger partial charge in [0.25, 0.3) is 0 Å². The summed E-state index contributed by atoms with van der Waals surface area (Å²) < 4.78 is 0. The maximum Gasteiger partial charge on any atom is 0.0181 e. The van der Waals surface area contributed by atoms with Crippen molar-refractivity contribution in [2.45, 2.75) is 13.8 Å². The maximum atomic E-state index is 3.83. The largest absolute Gasteiger partial charge is 0.116 e. The van der Waals surface area contributed by atoms with Crippen LogP contribution in [0.15, 0.2) is 41.7 Å². The molecule has 52 valence electrons. The van der Waals surface area contributed by atoms with Crippen molar-refractivity contribution in [2.24, 2.45) is 5.92 Å². The molecule has 0 bridgehead atoms. The minimum atomic E-state index is 0.531. The van der Waals surface area contributed by atoms with Crippen LogP contribution in [0.5, 0.6) is 0 Å². The van der Waals surface area contributed by atoms with E-state index in [0.29, 0.717) is 5.92 Å². The van der Waals surface area contributed by atoms with Crippen LogP contribution in [0, 0.1) is 5.92 Å². The second-order valence-electron chi connectivity index (χ2n) is 2.72. The van der Waals surface area contributed by atoms with Crippen molar-refractivity contribution >= 4 is 0 Å². The minimum Gasteiger partial charge on any atom is -0.116 e. The molecule has 0 heteroatoms. The average Bonchev–Trinajstić information content (AvgIpc) is 1.88. The smallest absolute Gasteiger partial charge is 0.0181 e.